The van der Waals surface area contributed by atoms with Crippen LogP contribution in [0.25, 0.3) is 0 Å². The lowest BCUT2D eigenvalue weighted by Crippen LogP contribution is -2.37. The maximum Gasteiger partial charge on any atom is 0.454 e. The van der Waals surface area contributed by atoms with Crippen molar-refractivity contribution in [2.45, 2.75) is 52.3 Å². The molecule has 0 atom stereocenters. The number of alkyl halides is 6. The molecule has 0 aliphatic heterocycles. The summed E-state index contributed by atoms with van der Waals surface area (Å²) < 4.78 is 97.2. The summed E-state index contributed by atoms with van der Waals surface area (Å²) in [6.07, 6.45) is -13.5. The lowest BCUT2D eigenvalue weighted by Gasteiger charge is -2.21. The highest BCUT2D eigenvalue weighted by atomic mass is 31.2. The van der Waals surface area contributed by atoms with E-state index >= 15 is 0 Å². The molecule has 11 heteroatoms. The highest BCUT2D eigenvalue weighted by molar-refractivity contribution is 7.52. The van der Waals surface area contributed by atoms with E-state index in [1.807, 2.05) is 0 Å². The minimum Gasteiger partial charge on any atom is -0.288 e. The normalized spacial score (nSPS) is 14.0. The second-order valence-electron chi connectivity index (χ2n) is 4.22. The summed E-state index contributed by atoms with van der Waals surface area (Å²) in [5.41, 5.74) is -3.16. The molecule has 20 heavy (non-hydrogen) atoms. The lowest BCUT2D eigenvalue weighted by molar-refractivity contribution is -0.117. The van der Waals surface area contributed by atoms with E-state index in [2.05, 4.69) is 13.8 Å². The summed E-state index contributed by atoms with van der Waals surface area (Å²) in [5, 5.41) is 0. The topological polar surface area (TPSA) is 47.9 Å². The zero-order valence-corrected chi connectivity index (χ0v) is 11.9. The fourth-order valence-electron chi connectivity index (χ4n) is 1.00. The largest absolute Gasteiger partial charge is 0.454 e. The zero-order valence-electron chi connectivity index (χ0n) is 11.0. The van der Waals surface area contributed by atoms with E-state index in [0.29, 0.717) is 0 Å². The van der Waals surface area contributed by atoms with Gasteiger partial charge in [0.25, 0.3) is 0 Å². The molecule has 0 N–H and O–H groups in total. The Balaban J connectivity index is 5.78. The Morgan fingerprint density at radius 1 is 0.900 bits per heavy atom. The maximum atomic E-state index is 12.3. The SMILES string of the molecule is CC(C)OP(=O)(N=C(C(F)(F)F)C(F)(F)F)OC(C)C. The maximum absolute atomic E-state index is 12.3. The summed E-state index contributed by atoms with van der Waals surface area (Å²) in [7, 11) is -4.93. The third-order valence-electron chi connectivity index (χ3n) is 1.45. The minimum atomic E-state index is -5.82. The van der Waals surface area contributed by atoms with Gasteiger partial charge >= 0.3 is 20.1 Å². The fourth-order valence-corrected chi connectivity index (χ4v) is 2.68. The second-order valence-corrected chi connectivity index (χ2v) is 5.78. The molecule has 0 aromatic carbocycles. The van der Waals surface area contributed by atoms with Crippen LogP contribution in [0.1, 0.15) is 27.7 Å². The van der Waals surface area contributed by atoms with Gasteiger partial charge in [-0.05, 0) is 27.7 Å². The first-order valence-corrected chi connectivity index (χ1v) is 6.88. The Hall–Kier alpha value is -0.600. The average molecular weight is 329 g/mol. The van der Waals surface area contributed by atoms with Crippen molar-refractivity contribution in [3.05, 3.63) is 0 Å². The van der Waals surface area contributed by atoms with Gasteiger partial charge in [0.05, 0.1) is 12.2 Å². The summed E-state index contributed by atoms with van der Waals surface area (Å²) in [6, 6.07) is 0. The van der Waals surface area contributed by atoms with Crippen LogP contribution in [0.15, 0.2) is 4.76 Å². The predicted molar refractivity (Wildman–Crippen MR) is 59.6 cm³/mol. The molecule has 120 valence electrons. The highest BCUT2D eigenvalue weighted by Gasteiger charge is 2.55. The Morgan fingerprint density at radius 3 is 1.40 bits per heavy atom. The van der Waals surface area contributed by atoms with Crippen molar-refractivity contribution < 1.29 is 40.0 Å². The number of rotatable bonds is 5. The van der Waals surface area contributed by atoms with Gasteiger partial charge in [-0.2, -0.15) is 31.1 Å². The molecule has 0 unspecified atom stereocenters. The molecular formula is C9H14F6NO3P. The monoisotopic (exact) mass is 329 g/mol. The molecule has 0 radical (unpaired) electrons. The molecule has 0 bridgehead atoms. The van der Waals surface area contributed by atoms with Crippen molar-refractivity contribution in [1.82, 2.24) is 0 Å². The van der Waals surface area contributed by atoms with Gasteiger partial charge in [-0.25, -0.2) is 4.57 Å². The molecule has 0 saturated carbocycles. The Morgan fingerprint density at radius 2 is 1.20 bits per heavy atom. The number of hydrogen-bond acceptors (Lipinski definition) is 3. The van der Waals surface area contributed by atoms with Crippen LogP contribution in [-0.2, 0) is 13.6 Å². The average Bonchev–Trinajstić information content (AvgIpc) is 2.07. The molecule has 0 spiro atoms. The van der Waals surface area contributed by atoms with Crippen molar-refractivity contribution in [3.63, 3.8) is 0 Å². The lowest BCUT2D eigenvalue weighted by atomic mass is 10.4. The molecule has 0 fully saturated rings. The van der Waals surface area contributed by atoms with Gasteiger partial charge < -0.3 is 0 Å². The number of nitrogens with zero attached hydrogens (tertiary/aromatic N) is 1. The molecule has 0 heterocycles. The first kappa shape index (κ1) is 19.4. The van der Waals surface area contributed by atoms with E-state index < -0.39 is 38.0 Å². The van der Waals surface area contributed by atoms with E-state index in [-0.39, 0.29) is 0 Å². The van der Waals surface area contributed by atoms with Crippen molar-refractivity contribution in [1.29, 1.82) is 0 Å². The van der Waals surface area contributed by atoms with Crippen LogP contribution in [0.4, 0.5) is 26.3 Å². The van der Waals surface area contributed by atoms with Gasteiger partial charge in [0.2, 0.25) is 5.71 Å². The van der Waals surface area contributed by atoms with Crippen LogP contribution >= 0.6 is 7.75 Å². The Kier molecular flexibility index (Phi) is 6.25. The van der Waals surface area contributed by atoms with Gasteiger partial charge in [0.1, 0.15) is 0 Å². The highest BCUT2D eigenvalue weighted by Crippen LogP contribution is 2.54. The van der Waals surface area contributed by atoms with Crippen molar-refractivity contribution in [2.24, 2.45) is 4.76 Å². The van der Waals surface area contributed by atoms with Crippen LogP contribution in [-0.4, -0.2) is 30.3 Å². The first-order chi connectivity index (χ1) is 8.67. The van der Waals surface area contributed by atoms with E-state index in [1.165, 1.54) is 27.7 Å². The summed E-state index contributed by atoms with van der Waals surface area (Å²) in [6.45, 7) is 5.08. The molecule has 4 nitrogen and oxygen atoms in total. The molecule has 0 saturated heterocycles. The molecule has 0 aromatic heterocycles. The van der Waals surface area contributed by atoms with E-state index in [4.69, 9.17) is 0 Å². The first-order valence-electron chi connectivity index (χ1n) is 5.39. The standard InChI is InChI=1S/C9H14F6NO3P/c1-5(2)18-20(17,19-6(3)4)16-7(8(10,11)12)9(13,14)15/h5-6H,1-4H3. The van der Waals surface area contributed by atoms with Crippen molar-refractivity contribution in [3.8, 4) is 0 Å². The molecule has 0 aromatic rings. The molecular weight excluding hydrogens is 315 g/mol. The Labute approximate surface area is 111 Å². The van der Waals surface area contributed by atoms with Crippen LogP contribution in [0.5, 0.6) is 0 Å². The third-order valence-corrected chi connectivity index (χ3v) is 3.27. The summed E-state index contributed by atoms with van der Waals surface area (Å²) in [5.74, 6) is 0. The third kappa shape index (κ3) is 6.71. The summed E-state index contributed by atoms with van der Waals surface area (Å²) in [4.78, 5) is 0. The molecule has 0 aliphatic carbocycles. The molecule has 0 rings (SSSR count). The fraction of sp³-hybridized carbons (Fsp3) is 0.889. The molecule has 0 amide bonds. The van der Waals surface area contributed by atoms with Gasteiger partial charge in [-0.1, -0.05) is 0 Å². The van der Waals surface area contributed by atoms with E-state index in [0.717, 1.165) is 0 Å². The minimum absolute atomic E-state index is 0.939. The van der Waals surface area contributed by atoms with Gasteiger partial charge in [0, 0.05) is 0 Å². The Bertz CT molecular complexity index is 371. The van der Waals surface area contributed by atoms with Gasteiger partial charge in [-0.3, -0.25) is 9.05 Å². The smallest absolute Gasteiger partial charge is 0.288 e. The van der Waals surface area contributed by atoms with Crippen LogP contribution in [0, 0.1) is 0 Å². The van der Waals surface area contributed by atoms with E-state index in [9.17, 15) is 30.9 Å². The van der Waals surface area contributed by atoms with Crippen LogP contribution < -0.4 is 0 Å². The van der Waals surface area contributed by atoms with Crippen LogP contribution in [0.2, 0.25) is 0 Å². The number of halogens is 6. The quantitative estimate of drug-likeness (QED) is 0.423. The van der Waals surface area contributed by atoms with E-state index in [1.54, 1.807) is 0 Å². The van der Waals surface area contributed by atoms with Gasteiger partial charge in [0.15, 0.2) is 0 Å². The van der Waals surface area contributed by atoms with Crippen LogP contribution in [0.3, 0.4) is 0 Å². The zero-order chi connectivity index (χ0) is 16.4. The molecule has 0 aliphatic rings. The predicted octanol–water partition coefficient (Wildman–Crippen LogP) is 4.51. The van der Waals surface area contributed by atoms with Crippen molar-refractivity contribution in [2.75, 3.05) is 0 Å². The second kappa shape index (κ2) is 6.44. The summed E-state index contributed by atoms with van der Waals surface area (Å²) >= 11 is 0. The number of hydrogen-bond donors (Lipinski definition) is 0. The van der Waals surface area contributed by atoms with Gasteiger partial charge in [-0.15, -0.1) is 0 Å². The van der Waals surface area contributed by atoms with Crippen molar-refractivity contribution >= 4 is 13.5 Å².